The molecule has 1 spiro atoms. The molecule has 2 heterocycles. The van der Waals surface area contributed by atoms with Gasteiger partial charge in [0.1, 0.15) is 0 Å². The molecule has 2 aliphatic rings. The van der Waals surface area contributed by atoms with E-state index in [-0.39, 0.29) is 12.4 Å². The Bertz CT molecular complexity index is 244. The van der Waals surface area contributed by atoms with Gasteiger partial charge in [-0.1, -0.05) is 0 Å². The number of rotatable bonds is 2. The van der Waals surface area contributed by atoms with E-state index in [0.717, 1.165) is 26.2 Å². The summed E-state index contributed by atoms with van der Waals surface area (Å²) < 4.78 is 0. The number of halogens is 1. The van der Waals surface area contributed by atoms with Gasteiger partial charge in [-0.05, 0) is 44.0 Å². The molecule has 2 rings (SSSR count). The first-order chi connectivity index (χ1) is 7.26. The van der Waals surface area contributed by atoms with Gasteiger partial charge in [0.2, 0.25) is 5.91 Å². The second-order valence-corrected chi connectivity index (χ2v) is 5.61. The van der Waals surface area contributed by atoms with Gasteiger partial charge in [-0.25, -0.2) is 0 Å². The summed E-state index contributed by atoms with van der Waals surface area (Å²) in [5, 5.41) is 3.40. The van der Waals surface area contributed by atoms with E-state index in [1.54, 1.807) is 11.8 Å². The van der Waals surface area contributed by atoms with Crippen LogP contribution in [0.15, 0.2) is 0 Å². The number of nitrogens with zero attached hydrogens (tertiary/aromatic N) is 1. The average molecular weight is 265 g/mol. The largest absolute Gasteiger partial charge is 0.341 e. The van der Waals surface area contributed by atoms with Gasteiger partial charge >= 0.3 is 0 Å². The van der Waals surface area contributed by atoms with E-state index in [1.807, 2.05) is 6.26 Å². The average Bonchev–Trinajstić information content (AvgIpc) is 2.64. The SMILES string of the molecule is CSCC(=O)N1CCC2(CCNCC2)C1.Cl. The van der Waals surface area contributed by atoms with Gasteiger partial charge in [0, 0.05) is 13.1 Å². The van der Waals surface area contributed by atoms with Crippen LogP contribution in [0.25, 0.3) is 0 Å². The Morgan fingerprint density at radius 3 is 2.69 bits per heavy atom. The molecule has 0 radical (unpaired) electrons. The first-order valence-electron chi connectivity index (χ1n) is 5.73. The molecule has 0 saturated carbocycles. The van der Waals surface area contributed by atoms with Crippen molar-refractivity contribution in [2.75, 3.05) is 38.2 Å². The molecule has 1 amide bonds. The first-order valence-corrected chi connectivity index (χ1v) is 7.13. The molecule has 0 bridgehead atoms. The second kappa shape index (κ2) is 6.12. The topological polar surface area (TPSA) is 32.3 Å². The monoisotopic (exact) mass is 264 g/mol. The van der Waals surface area contributed by atoms with E-state index >= 15 is 0 Å². The van der Waals surface area contributed by atoms with Gasteiger partial charge < -0.3 is 10.2 Å². The maximum atomic E-state index is 11.8. The molecule has 0 aromatic heterocycles. The molecule has 0 aromatic carbocycles. The van der Waals surface area contributed by atoms with E-state index in [1.165, 1.54) is 19.3 Å². The van der Waals surface area contributed by atoms with Crippen molar-refractivity contribution >= 4 is 30.1 Å². The van der Waals surface area contributed by atoms with Crippen LogP contribution in [0.4, 0.5) is 0 Å². The maximum Gasteiger partial charge on any atom is 0.232 e. The van der Waals surface area contributed by atoms with Crippen molar-refractivity contribution in [3.05, 3.63) is 0 Å². The van der Waals surface area contributed by atoms with Crippen LogP contribution >= 0.6 is 24.2 Å². The summed E-state index contributed by atoms with van der Waals surface area (Å²) in [5.41, 5.74) is 0.458. The van der Waals surface area contributed by atoms with Gasteiger partial charge in [0.25, 0.3) is 0 Å². The number of hydrogen-bond donors (Lipinski definition) is 1. The van der Waals surface area contributed by atoms with Crippen molar-refractivity contribution in [3.63, 3.8) is 0 Å². The third-order valence-electron chi connectivity index (χ3n) is 3.72. The summed E-state index contributed by atoms with van der Waals surface area (Å²) in [5.74, 6) is 0.979. The molecular formula is C11H21ClN2OS. The van der Waals surface area contributed by atoms with E-state index in [2.05, 4.69) is 10.2 Å². The number of likely N-dealkylation sites (tertiary alicyclic amines) is 1. The van der Waals surface area contributed by atoms with Gasteiger partial charge in [-0.15, -0.1) is 12.4 Å². The van der Waals surface area contributed by atoms with Crippen LogP contribution in [0.1, 0.15) is 19.3 Å². The Kier molecular flexibility index (Phi) is 5.41. The number of carbonyl (C=O) groups is 1. The third kappa shape index (κ3) is 3.05. The lowest BCUT2D eigenvalue weighted by molar-refractivity contribution is -0.127. The van der Waals surface area contributed by atoms with Crippen molar-refractivity contribution in [1.29, 1.82) is 0 Å². The van der Waals surface area contributed by atoms with Crippen LogP contribution in [0.5, 0.6) is 0 Å². The number of piperidine rings is 1. The van der Waals surface area contributed by atoms with E-state index in [0.29, 0.717) is 17.1 Å². The summed E-state index contributed by atoms with van der Waals surface area (Å²) in [7, 11) is 0. The standard InChI is InChI=1S/C11H20N2OS.ClH/c1-15-8-10(14)13-7-4-11(9-13)2-5-12-6-3-11;/h12H,2-9H2,1H3;1H. The fourth-order valence-electron chi connectivity index (χ4n) is 2.73. The maximum absolute atomic E-state index is 11.8. The third-order valence-corrected chi connectivity index (χ3v) is 4.26. The van der Waals surface area contributed by atoms with E-state index in [4.69, 9.17) is 0 Å². The minimum atomic E-state index is 0. The normalized spacial score (nSPS) is 23.2. The fraction of sp³-hybridized carbons (Fsp3) is 0.909. The van der Waals surface area contributed by atoms with Crippen molar-refractivity contribution in [1.82, 2.24) is 10.2 Å². The molecule has 16 heavy (non-hydrogen) atoms. The Labute approximate surface area is 108 Å². The summed E-state index contributed by atoms with van der Waals surface area (Å²) in [6.07, 6.45) is 5.70. The fourth-order valence-corrected chi connectivity index (χ4v) is 3.16. The predicted octanol–water partition coefficient (Wildman–Crippen LogP) is 1.37. The number of amides is 1. The van der Waals surface area contributed by atoms with Gasteiger partial charge in [-0.2, -0.15) is 11.8 Å². The number of carbonyl (C=O) groups excluding carboxylic acids is 1. The van der Waals surface area contributed by atoms with Gasteiger partial charge in [-0.3, -0.25) is 4.79 Å². The van der Waals surface area contributed by atoms with Crippen LogP contribution in [0.2, 0.25) is 0 Å². The molecule has 0 aromatic rings. The first kappa shape index (κ1) is 14.1. The second-order valence-electron chi connectivity index (χ2n) is 4.75. The van der Waals surface area contributed by atoms with Crippen LogP contribution < -0.4 is 5.32 Å². The number of thioether (sulfide) groups is 1. The molecule has 0 unspecified atom stereocenters. The molecule has 2 fully saturated rings. The lowest BCUT2D eigenvalue weighted by atomic mass is 9.78. The van der Waals surface area contributed by atoms with Crippen LogP contribution in [0, 0.1) is 5.41 Å². The lowest BCUT2D eigenvalue weighted by Gasteiger charge is -2.33. The molecule has 2 saturated heterocycles. The Morgan fingerprint density at radius 2 is 2.06 bits per heavy atom. The minimum Gasteiger partial charge on any atom is -0.341 e. The molecule has 3 nitrogen and oxygen atoms in total. The summed E-state index contributed by atoms with van der Waals surface area (Å²) >= 11 is 1.63. The molecule has 1 N–H and O–H groups in total. The Balaban J connectivity index is 0.00000128. The number of hydrogen-bond acceptors (Lipinski definition) is 3. The van der Waals surface area contributed by atoms with Crippen LogP contribution in [-0.4, -0.2) is 49.0 Å². The van der Waals surface area contributed by atoms with Gasteiger partial charge in [0.05, 0.1) is 5.75 Å². The lowest BCUT2D eigenvalue weighted by Crippen LogP contribution is -2.40. The van der Waals surface area contributed by atoms with E-state index in [9.17, 15) is 4.79 Å². The quantitative estimate of drug-likeness (QED) is 0.818. The van der Waals surface area contributed by atoms with E-state index < -0.39 is 0 Å². The smallest absolute Gasteiger partial charge is 0.232 e. The van der Waals surface area contributed by atoms with Crippen molar-refractivity contribution in [2.24, 2.45) is 5.41 Å². The zero-order valence-electron chi connectivity index (χ0n) is 9.83. The van der Waals surface area contributed by atoms with Gasteiger partial charge in [0.15, 0.2) is 0 Å². The van der Waals surface area contributed by atoms with Crippen LogP contribution in [-0.2, 0) is 4.79 Å². The number of nitrogens with one attached hydrogen (secondary N) is 1. The van der Waals surface area contributed by atoms with Crippen LogP contribution in [0.3, 0.4) is 0 Å². The zero-order valence-corrected chi connectivity index (χ0v) is 11.5. The van der Waals surface area contributed by atoms with Crippen molar-refractivity contribution in [3.8, 4) is 0 Å². The molecule has 0 aliphatic carbocycles. The zero-order chi connectivity index (χ0) is 10.7. The molecule has 0 atom stereocenters. The highest BCUT2D eigenvalue weighted by atomic mass is 35.5. The molecular weight excluding hydrogens is 244 g/mol. The Hall–Kier alpha value is 0.0700. The van der Waals surface area contributed by atoms with Crippen molar-refractivity contribution < 1.29 is 4.79 Å². The Morgan fingerprint density at radius 1 is 1.38 bits per heavy atom. The summed E-state index contributed by atoms with van der Waals surface area (Å²) in [6, 6.07) is 0. The highest BCUT2D eigenvalue weighted by Crippen LogP contribution is 2.38. The molecule has 5 heteroatoms. The summed E-state index contributed by atoms with van der Waals surface area (Å²) in [6.45, 7) is 4.25. The van der Waals surface area contributed by atoms with Crippen molar-refractivity contribution in [2.45, 2.75) is 19.3 Å². The molecule has 94 valence electrons. The highest BCUT2D eigenvalue weighted by Gasteiger charge is 2.40. The summed E-state index contributed by atoms with van der Waals surface area (Å²) in [4.78, 5) is 13.8. The minimum absolute atomic E-state index is 0. The highest BCUT2D eigenvalue weighted by molar-refractivity contribution is 7.99. The predicted molar refractivity (Wildman–Crippen MR) is 71.4 cm³/mol. The molecule has 2 aliphatic heterocycles.